The van der Waals surface area contributed by atoms with Crippen molar-refractivity contribution in [2.24, 2.45) is 5.10 Å². The predicted molar refractivity (Wildman–Crippen MR) is 91.5 cm³/mol. The molecule has 0 fully saturated rings. The van der Waals surface area contributed by atoms with Gasteiger partial charge in [0.1, 0.15) is 5.75 Å². The number of anilines is 1. The number of benzene rings is 2. The van der Waals surface area contributed by atoms with E-state index in [4.69, 9.17) is 4.74 Å². The first-order chi connectivity index (χ1) is 11.1. The van der Waals surface area contributed by atoms with Gasteiger partial charge in [-0.05, 0) is 29.8 Å². The Morgan fingerprint density at radius 1 is 1.13 bits per heavy atom. The first-order valence-corrected chi connectivity index (χ1v) is 7.42. The molecular formula is C16H14BrN3O3. The molecule has 2 amide bonds. The Kier molecular flexibility index (Phi) is 5.87. The molecule has 0 spiro atoms. The van der Waals surface area contributed by atoms with Crippen LogP contribution in [0.1, 0.15) is 5.56 Å². The minimum atomic E-state index is -0.873. The number of halogens is 1. The third-order valence-electron chi connectivity index (χ3n) is 2.79. The van der Waals surface area contributed by atoms with Crippen LogP contribution in [0, 0.1) is 0 Å². The summed E-state index contributed by atoms with van der Waals surface area (Å²) in [6.45, 7) is 0. The summed E-state index contributed by atoms with van der Waals surface area (Å²) in [5, 5.41) is 6.21. The summed E-state index contributed by atoms with van der Waals surface area (Å²) in [5.41, 5.74) is 3.36. The van der Waals surface area contributed by atoms with Crippen molar-refractivity contribution in [3.8, 4) is 5.75 Å². The number of rotatable bonds is 4. The second-order valence-electron chi connectivity index (χ2n) is 4.41. The number of nitrogens with zero attached hydrogens (tertiary/aromatic N) is 1. The number of ether oxygens (including phenoxy) is 1. The first kappa shape index (κ1) is 16.7. The maximum absolute atomic E-state index is 11.8. The fourth-order valence-electron chi connectivity index (χ4n) is 1.73. The van der Waals surface area contributed by atoms with Crippen LogP contribution in [0.15, 0.2) is 58.1 Å². The fraction of sp³-hybridized carbons (Fsp3) is 0.0625. The van der Waals surface area contributed by atoms with Gasteiger partial charge in [-0.15, -0.1) is 0 Å². The molecule has 7 heteroatoms. The molecule has 6 nitrogen and oxygen atoms in total. The molecule has 23 heavy (non-hydrogen) atoms. The highest BCUT2D eigenvalue weighted by atomic mass is 79.9. The zero-order chi connectivity index (χ0) is 16.7. The maximum atomic E-state index is 11.8. The van der Waals surface area contributed by atoms with Gasteiger partial charge in [-0.3, -0.25) is 9.59 Å². The monoisotopic (exact) mass is 375 g/mol. The molecule has 0 saturated carbocycles. The van der Waals surface area contributed by atoms with Gasteiger partial charge in [0.25, 0.3) is 0 Å². The van der Waals surface area contributed by atoms with Crippen LogP contribution in [0.25, 0.3) is 0 Å². The zero-order valence-corrected chi connectivity index (χ0v) is 13.8. The van der Waals surface area contributed by atoms with E-state index in [0.29, 0.717) is 11.4 Å². The van der Waals surface area contributed by atoms with Gasteiger partial charge in [0.05, 0.1) is 19.0 Å². The quantitative estimate of drug-likeness (QED) is 0.489. The lowest BCUT2D eigenvalue weighted by molar-refractivity contribution is -0.136. The van der Waals surface area contributed by atoms with Crippen LogP contribution in [0.4, 0.5) is 5.69 Å². The van der Waals surface area contributed by atoms with E-state index in [0.717, 1.165) is 10.0 Å². The number of hydrogen-bond donors (Lipinski definition) is 2. The summed E-state index contributed by atoms with van der Waals surface area (Å²) in [6.07, 6.45) is 1.44. The lowest BCUT2D eigenvalue weighted by Gasteiger charge is -2.08. The van der Waals surface area contributed by atoms with E-state index in [1.54, 1.807) is 24.3 Å². The molecule has 2 rings (SSSR count). The summed E-state index contributed by atoms with van der Waals surface area (Å²) in [4.78, 5) is 23.5. The van der Waals surface area contributed by atoms with Gasteiger partial charge in [-0.25, -0.2) is 5.43 Å². The lowest BCUT2D eigenvalue weighted by Crippen LogP contribution is -2.32. The minimum Gasteiger partial charge on any atom is -0.495 e. The molecule has 0 aliphatic carbocycles. The Hall–Kier alpha value is -2.67. The van der Waals surface area contributed by atoms with Gasteiger partial charge in [0.2, 0.25) is 0 Å². The normalized spacial score (nSPS) is 10.3. The fourth-order valence-corrected chi connectivity index (χ4v) is 2.15. The van der Waals surface area contributed by atoms with E-state index < -0.39 is 11.8 Å². The number of amides is 2. The van der Waals surface area contributed by atoms with Crippen LogP contribution >= 0.6 is 15.9 Å². The van der Waals surface area contributed by atoms with E-state index >= 15 is 0 Å². The van der Waals surface area contributed by atoms with Crippen molar-refractivity contribution in [2.75, 3.05) is 12.4 Å². The molecule has 0 aliphatic heterocycles. The van der Waals surface area contributed by atoms with E-state index in [-0.39, 0.29) is 0 Å². The van der Waals surface area contributed by atoms with Crippen molar-refractivity contribution < 1.29 is 14.3 Å². The minimum absolute atomic E-state index is 0.408. The summed E-state index contributed by atoms with van der Waals surface area (Å²) in [6, 6.07) is 14.1. The number of carbonyl (C=O) groups excluding carboxylic acids is 2. The van der Waals surface area contributed by atoms with Crippen molar-refractivity contribution in [3.05, 3.63) is 58.6 Å². The molecule has 0 aromatic heterocycles. The largest absolute Gasteiger partial charge is 0.495 e. The highest BCUT2D eigenvalue weighted by molar-refractivity contribution is 9.10. The average Bonchev–Trinajstić information content (AvgIpc) is 2.55. The molecule has 0 saturated heterocycles. The number of methoxy groups -OCH3 is 1. The molecule has 0 atom stereocenters. The van der Waals surface area contributed by atoms with Gasteiger partial charge in [0.15, 0.2) is 0 Å². The summed E-state index contributed by atoms with van der Waals surface area (Å²) < 4.78 is 5.99. The van der Waals surface area contributed by atoms with Crippen molar-refractivity contribution in [2.45, 2.75) is 0 Å². The molecule has 0 aliphatic rings. The average molecular weight is 376 g/mol. The van der Waals surface area contributed by atoms with Gasteiger partial charge in [-0.1, -0.05) is 40.2 Å². The summed E-state index contributed by atoms with van der Waals surface area (Å²) in [7, 11) is 1.48. The Morgan fingerprint density at radius 3 is 2.65 bits per heavy atom. The van der Waals surface area contributed by atoms with Gasteiger partial charge < -0.3 is 10.1 Å². The van der Waals surface area contributed by atoms with Crippen LogP contribution in [0.5, 0.6) is 5.75 Å². The Labute approximate surface area is 141 Å². The lowest BCUT2D eigenvalue weighted by atomic mass is 10.2. The van der Waals surface area contributed by atoms with Gasteiger partial charge in [-0.2, -0.15) is 5.10 Å². The third kappa shape index (κ3) is 4.93. The highest BCUT2D eigenvalue weighted by Gasteiger charge is 2.14. The third-order valence-corrected chi connectivity index (χ3v) is 3.28. The molecule has 0 radical (unpaired) electrons. The zero-order valence-electron chi connectivity index (χ0n) is 12.2. The van der Waals surface area contributed by atoms with Gasteiger partial charge >= 0.3 is 11.8 Å². The van der Waals surface area contributed by atoms with Crippen molar-refractivity contribution >= 4 is 39.6 Å². The molecule has 0 unspecified atom stereocenters. The van der Waals surface area contributed by atoms with Crippen molar-refractivity contribution in [3.63, 3.8) is 0 Å². The van der Waals surface area contributed by atoms with Gasteiger partial charge in [0, 0.05) is 4.47 Å². The molecule has 2 aromatic rings. The molecular weight excluding hydrogens is 362 g/mol. The predicted octanol–water partition coefficient (Wildman–Crippen LogP) is 2.55. The van der Waals surface area contributed by atoms with E-state index in [1.807, 2.05) is 24.3 Å². The van der Waals surface area contributed by atoms with Crippen molar-refractivity contribution in [1.29, 1.82) is 0 Å². The number of carbonyl (C=O) groups is 2. The van der Waals surface area contributed by atoms with Crippen LogP contribution in [-0.2, 0) is 9.59 Å². The number of hydrogen-bond acceptors (Lipinski definition) is 4. The summed E-state index contributed by atoms with van der Waals surface area (Å²) >= 11 is 3.33. The first-order valence-electron chi connectivity index (χ1n) is 6.63. The second-order valence-corrected chi connectivity index (χ2v) is 5.32. The van der Waals surface area contributed by atoms with E-state index in [2.05, 4.69) is 31.8 Å². The topological polar surface area (TPSA) is 79.8 Å². The standard InChI is InChI=1S/C16H14BrN3O3/c1-23-14-8-3-2-7-13(14)19-15(21)16(22)20-18-10-11-5-4-6-12(17)9-11/h2-10H,1H3,(H,19,21)(H,20,22). The Bertz CT molecular complexity index is 747. The van der Waals surface area contributed by atoms with Crippen molar-refractivity contribution in [1.82, 2.24) is 5.43 Å². The van der Waals surface area contributed by atoms with Crippen LogP contribution in [0.2, 0.25) is 0 Å². The molecule has 0 bridgehead atoms. The molecule has 2 N–H and O–H groups in total. The number of nitrogens with one attached hydrogen (secondary N) is 2. The smallest absolute Gasteiger partial charge is 0.329 e. The van der Waals surface area contributed by atoms with E-state index in [1.165, 1.54) is 13.3 Å². The molecule has 2 aromatic carbocycles. The van der Waals surface area contributed by atoms with E-state index in [9.17, 15) is 9.59 Å². The Morgan fingerprint density at radius 2 is 1.91 bits per heavy atom. The second kappa shape index (κ2) is 8.09. The van der Waals surface area contributed by atoms with Crippen LogP contribution < -0.4 is 15.5 Å². The maximum Gasteiger partial charge on any atom is 0.329 e. The van der Waals surface area contributed by atoms with Crippen LogP contribution in [-0.4, -0.2) is 25.1 Å². The Balaban J connectivity index is 1.94. The molecule has 118 valence electrons. The molecule has 0 heterocycles. The number of hydrazone groups is 1. The summed E-state index contributed by atoms with van der Waals surface area (Å²) in [5.74, 6) is -1.24. The SMILES string of the molecule is COc1ccccc1NC(=O)C(=O)NN=Cc1cccc(Br)c1. The number of para-hydroxylation sites is 2. The highest BCUT2D eigenvalue weighted by Crippen LogP contribution is 2.22. The van der Waals surface area contributed by atoms with Crippen LogP contribution in [0.3, 0.4) is 0 Å².